The number of rotatable bonds is 4. The van der Waals surface area contributed by atoms with Crippen LogP contribution in [-0.4, -0.2) is 36.2 Å². The summed E-state index contributed by atoms with van der Waals surface area (Å²) in [6, 6.07) is 0.162. The molecule has 0 aromatic heterocycles. The Hall–Kier alpha value is -1.10. The highest BCUT2D eigenvalue weighted by Crippen LogP contribution is 2.13. The molecule has 1 aliphatic heterocycles. The van der Waals surface area contributed by atoms with Crippen LogP contribution >= 0.6 is 0 Å². The molecule has 0 radical (unpaired) electrons. The van der Waals surface area contributed by atoms with Gasteiger partial charge in [0.1, 0.15) is 5.60 Å². The Morgan fingerprint density at radius 1 is 1.32 bits per heavy atom. The summed E-state index contributed by atoms with van der Waals surface area (Å²) in [6.45, 7) is 8.12. The van der Waals surface area contributed by atoms with Crippen molar-refractivity contribution in [3.63, 3.8) is 0 Å². The van der Waals surface area contributed by atoms with Gasteiger partial charge in [-0.05, 0) is 40.5 Å². The summed E-state index contributed by atoms with van der Waals surface area (Å²) >= 11 is 0. The fourth-order valence-corrected chi connectivity index (χ4v) is 2.04. The summed E-state index contributed by atoms with van der Waals surface area (Å²) in [5.74, 6) is -0.423. The first-order valence-corrected chi connectivity index (χ1v) is 6.89. The summed E-state index contributed by atoms with van der Waals surface area (Å²) in [5, 5.41) is 2.94. The number of hydrogen-bond donors (Lipinski definition) is 1. The van der Waals surface area contributed by atoms with E-state index in [4.69, 9.17) is 9.47 Å². The molecule has 1 fully saturated rings. The van der Waals surface area contributed by atoms with Crippen LogP contribution in [0.25, 0.3) is 0 Å². The second kappa shape index (κ2) is 6.89. The van der Waals surface area contributed by atoms with E-state index in [-0.39, 0.29) is 36.9 Å². The van der Waals surface area contributed by atoms with Crippen LogP contribution in [0.2, 0.25) is 0 Å². The molecule has 5 heteroatoms. The summed E-state index contributed by atoms with van der Waals surface area (Å²) in [6.07, 6.45) is 2.16. The molecule has 1 N–H and O–H groups in total. The number of carbonyl (C=O) groups is 2. The van der Waals surface area contributed by atoms with Crippen molar-refractivity contribution in [2.45, 2.75) is 71.1 Å². The van der Waals surface area contributed by atoms with Gasteiger partial charge in [-0.15, -0.1) is 0 Å². The van der Waals surface area contributed by atoms with E-state index in [9.17, 15) is 9.59 Å². The van der Waals surface area contributed by atoms with Crippen LogP contribution in [0.15, 0.2) is 0 Å². The van der Waals surface area contributed by atoms with E-state index in [1.807, 2.05) is 27.7 Å². The zero-order chi connectivity index (χ0) is 14.5. The van der Waals surface area contributed by atoms with Gasteiger partial charge in [0.25, 0.3) is 0 Å². The molecule has 1 heterocycles. The number of nitrogens with one attached hydrogen (secondary N) is 1. The Bertz CT molecular complexity index is 322. The van der Waals surface area contributed by atoms with E-state index in [0.29, 0.717) is 6.61 Å². The van der Waals surface area contributed by atoms with Gasteiger partial charge in [-0.1, -0.05) is 0 Å². The molecule has 0 bridgehead atoms. The molecule has 0 aliphatic carbocycles. The number of ether oxygens (including phenoxy) is 2. The molecule has 2 unspecified atom stereocenters. The predicted molar refractivity (Wildman–Crippen MR) is 71.7 cm³/mol. The zero-order valence-electron chi connectivity index (χ0n) is 12.3. The molecule has 110 valence electrons. The average molecular weight is 271 g/mol. The van der Waals surface area contributed by atoms with Gasteiger partial charge >= 0.3 is 5.97 Å². The summed E-state index contributed by atoms with van der Waals surface area (Å²) in [4.78, 5) is 23.2. The molecular weight excluding hydrogens is 246 g/mol. The molecule has 1 aliphatic rings. The van der Waals surface area contributed by atoms with Gasteiger partial charge in [-0.3, -0.25) is 9.59 Å². The van der Waals surface area contributed by atoms with Crippen molar-refractivity contribution < 1.29 is 19.1 Å². The Labute approximate surface area is 115 Å². The Morgan fingerprint density at radius 2 is 2.00 bits per heavy atom. The minimum atomic E-state index is -0.496. The van der Waals surface area contributed by atoms with Crippen LogP contribution in [0.4, 0.5) is 0 Å². The maximum absolute atomic E-state index is 11.7. The first-order chi connectivity index (χ1) is 8.76. The Balaban J connectivity index is 2.22. The highest BCUT2D eigenvalue weighted by molar-refractivity contribution is 5.81. The van der Waals surface area contributed by atoms with Crippen LogP contribution < -0.4 is 5.32 Å². The SMILES string of the molecule is CC1CC(NC(=O)CCC(=O)OC(C)(C)C)CCO1. The van der Waals surface area contributed by atoms with Gasteiger partial charge in [0.2, 0.25) is 5.91 Å². The van der Waals surface area contributed by atoms with Crippen LogP contribution in [0, 0.1) is 0 Å². The molecule has 0 saturated carbocycles. The molecule has 1 rings (SSSR count). The Kier molecular flexibility index (Phi) is 5.79. The third kappa shape index (κ3) is 7.15. The lowest BCUT2D eigenvalue weighted by molar-refractivity contribution is -0.155. The smallest absolute Gasteiger partial charge is 0.306 e. The summed E-state index contributed by atoms with van der Waals surface area (Å²) < 4.78 is 10.6. The van der Waals surface area contributed by atoms with E-state index in [2.05, 4.69) is 5.32 Å². The van der Waals surface area contributed by atoms with Gasteiger partial charge in [-0.25, -0.2) is 0 Å². The van der Waals surface area contributed by atoms with Gasteiger partial charge in [0, 0.05) is 19.1 Å². The van der Waals surface area contributed by atoms with Crippen LogP contribution in [0.3, 0.4) is 0 Å². The molecule has 1 amide bonds. The standard InChI is InChI=1S/C14H25NO4/c1-10-9-11(7-8-18-10)15-12(16)5-6-13(17)19-14(2,3)4/h10-11H,5-9H2,1-4H3,(H,15,16). The lowest BCUT2D eigenvalue weighted by Gasteiger charge is -2.28. The number of carbonyl (C=O) groups excluding carboxylic acids is 2. The van der Waals surface area contributed by atoms with Crippen molar-refractivity contribution >= 4 is 11.9 Å². The van der Waals surface area contributed by atoms with Crippen LogP contribution in [0.1, 0.15) is 53.4 Å². The Morgan fingerprint density at radius 3 is 2.58 bits per heavy atom. The molecule has 1 saturated heterocycles. The molecular formula is C14H25NO4. The molecule has 0 aromatic carbocycles. The molecule has 19 heavy (non-hydrogen) atoms. The highest BCUT2D eigenvalue weighted by atomic mass is 16.6. The zero-order valence-corrected chi connectivity index (χ0v) is 12.3. The maximum Gasteiger partial charge on any atom is 0.306 e. The topological polar surface area (TPSA) is 64.6 Å². The van der Waals surface area contributed by atoms with E-state index >= 15 is 0 Å². The number of esters is 1. The summed E-state index contributed by atoms with van der Waals surface area (Å²) in [7, 11) is 0. The van der Waals surface area contributed by atoms with Gasteiger partial charge in [0.15, 0.2) is 0 Å². The second-order valence-electron chi connectivity index (χ2n) is 6.06. The third-order valence-corrected chi connectivity index (χ3v) is 2.83. The number of amides is 1. The normalized spacial score (nSPS) is 23.8. The lowest BCUT2D eigenvalue weighted by atomic mass is 10.0. The van der Waals surface area contributed by atoms with Crippen molar-refractivity contribution in [3.05, 3.63) is 0 Å². The van der Waals surface area contributed by atoms with Crippen LogP contribution in [-0.2, 0) is 19.1 Å². The minimum Gasteiger partial charge on any atom is -0.460 e. The van der Waals surface area contributed by atoms with Crippen molar-refractivity contribution in [1.29, 1.82) is 0 Å². The fraction of sp³-hybridized carbons (Fsp3) is 0.857. The maximum atomic E-state index is 11.7. The van der Waals surface area contributed by atoms with Gasteiger partial charge in [-0.2, -0.15) is 0 Å². The van der Waals surface area contributed by atoms with Crippen molar-refractivity contribution in [1.82, 2.24) is 5.32 Å². The minimum absolute atomic E-state index is 0.0926. The predicted octanol–water partition coefficient (Wildman–Crippen LogP) is 1.79. The van der Waals surface area contributed by atoms with E-state index in [0.717, 1.165) is 12.8 Å². The molecule has 0 spiro atoms. The van der Waals surface area contributed by atoms with Crippen molar-refractivity contribution in [2.24, 2.45) is 0 Å². The fourth-order valence-electron chi connectivity index (χ4n) is 2.04. The van der Waals surface area contributed by atoms with Gasteiger partial charge in [0.05, 0.1) is 12.5 Å². The van der Waals surface area contributed by atoms with Crippen molar-refractivity contribution in [2.75, 3.05) is 6.61 Å². The first-order valence-electron chi connectivity index (χ1n) is 6.89. The van der Waals surface area contributed by atoms with Crippen LogP contribution in [0.5, 0.6) is 0 Å². The second-order valence-corrected chi connectivity index (χ2v) is 6.06. The highest BCUT2D eigenvalue weighted by Gasteiger charge is 2.22. The number of hydrogen-bond acceptors (Lipinski definition) is 4. The van der Waals surface area contributed by atoms with Crippen molar-refractivity contribution in [3.8, 4) is 0 Å². The van der Waals surface area contributed by atoms with E-state index < -0.39 is 5.60 Å². The van der Waals surface area contributed by atoms with E-state index in [1.165, 1.54) is 0 Å². The largest absolute Gasteiger partial charge is 0.460 e. The first kappa shape index (κ1) is 16.0. The molecule has 2 atom stereocenters. The van der Waals surface area contributed by atoms with Gasteiger partial charge < -0.3 is 14.8 Å². The third-order valence-electron chi connectivity index (χ3n) is 2.83. The molecule has 5 nitrogen and oxygen atoms in total. The quantitative estimate of drug-likeness (QED) is 0.792. The monoisotopic (exact) mass is 271 g/mol. The summed E-state index contributed by atoms with van der Waals surface area (Å²) in [5.41, 5.74) is -0.496. The lowest BCUT2D eigenvalue weighted by Crippen LogP contribution is -2.41. The van der Waals surface area contributed by atoms with E-state index in [1.54, 1.807) is 0 Å². The average Bonchev–Trinajstić information content (AvgIpc) is 2.24. The molecule has 0 aromatic rings.